The van der Waals surface area contributed by atoms with Gasteiger partial charge in [0.15, 0.2) is 0 Å². The van der Waals surface area contributed by atoms with E-state index in [1.54, 1.807) is 23.1 Å². The summed E-state index contributed by atoms with van der Waals surface area (Å²) in [6.45, 7) is 3.72. The standard InChI is InChI=1S/C13H20N2OS2.ClH/c1-9(14)10-4-3-6-15(8-10)13(16)12-11(17-2)5-7-18-12;/h5,7,9-10H,3-4,6,8,14H2,1-2H3;1H. The van der Waals surface area contributed by atoms with Gasteiger partial charge in [-0.25, -0.2) is 0 Å². The van der Waals surface area contributed by atoms with Crippen LogP contribution in [0.4, 0.5) is 0 Å². The molecule has 2 rings (SSSR count). The number of carbonyl (C=O) groups excluding carboxylic acids is 1. The topological polar surface area (TPSA) is 46.3 Å². The fourth-order valence-corrected chi connectivity index (χ4v) is 4.09. The van der Waals surface area contributed by atoms with Gasteiger partial charge in [-0.05, 0) is 43.4 Å². The molecule has 2 unspecified atom stereocenters. The van der Waals surface area contributed by atoms with Crippen LogP contribution in [-0.2, 0) is 0 Å². The highest BCUT2D eigenvalue weighted by molar-refractivity contribution is 7.98. The minimum Gasteiger partial charge on any atom is -0.338 e. The molecular weight excluding hydrogens is 300 g/mol. The number of amides is 1. The summed E-state index contributed by atoms with van der Waals surface area (Å²) in [6, 6.07) is 2.19. The van der Waals surface area contributed by atoms with Gasteiger partial charge in [0, 0.05) is 24.0 Å². The van der Waals surface area contributed by atoms with E-state index in [2.05, 4.69) is 0 Å². The second-order valence-corrected chi connectivity index (χ2v) is 6.59. The Morgan fingerprint density at radius 3 is 3.00 bits per heavy atom. The lowest BCUT2D eigenvalue weighted by atomic mass is 9.92. The van der Waals surface area contributed by atoms with Crippen LogP contribution in [0.1, 0.15) is 29.4 Å². The van der Waals surface area contributed by atoms with Crippen LogP contribution in [0.3, 0.4) is 0 Å². The Kier molecular flexibility index (Phi) is 6.66. The summed E-state index contributed by atoms with van der Waals surface area (Å²) in [5, 5.41) is 1.99. The average molecular weight is 321 g/mol. The van der Waals surface area contributed by atoms with Crippen LogP contribution in [0.2, 0.25) is 0 Å². The van der Waals surface area contributed by atoms with Gasteiger partial charge in [-0.15, -0.1) is 35.5 Å². The van der Waals surface area contributed by atoms with Gasteiger partial charge >= 0.3 is 0 Å². The van der Waals surface area contributed by atoms with E-state index in [0.717, 1.165) is 35.7 Å². The van der Waals surface area contributed by atoms with Crippen molar-refractivity contribution in [3.8, 4) is 0 Å². The van der Waals surface area contributed by atoms with Crippen LogP contribution < -0.4 is 5.73 Å². The van der Waals surface area contributed by atoms with Crippen molar-refractivity contribution in [1.29, 1.82) is 0 Å². The maximum absolute atomic E-state index is 12.5. The molecule has 1 amide bonds. The number of likely N-dealkylation sites (tertiary alicyclic amines) is 1. The minimum absolute atomic E-state index is 0. The molecule has 0 aliphatic carbocycles. The molecule has 6 heteroatoms. The summed E-state index contributed by atoms with van der Waals surface area (Å²) in [4.78, 5) is 16.4. The van der Waals surface area contributed by atoms with Crippen molar-refractivity contribution in [3.63, 3.8) is 0 Å². The van der Waals surface area contributed by atoms with Gasteiger partial charge in [0.25, 0.3) is 5.91 Å². The highest BCUT2D eigenvalue weighted by Crippen LogP contribution is 2.28. The lowest BCUT2D eigenvalue weighted by Crippen LogP contribution is -2.44. The molecule has 2 heterocycles. The Labute approximate surface area is 129 Å². The normalized spacial score (nSPS) is 20.8. The Bertz CT molecular complexity index is 423. The Balaban J connectivity index is 0.00000180. The number of nitrogens with two attached hydrogens (primary N) is 1. The molecule has 0 spiro atoms. The molecule has 0 radical (unpaired) electrons. The van der Waals surface area contributed by atoms with Crippen LogP contribution in [0.25, 0.3) is 0 Å². The first-order chi connectivity index (χ1) is 8.63. The lowest BCUT2D eigenvalue weighted by molar-refractivity contribution is 0.0663. The first-order valence-electron chi connectivity index (χ1n) is 6.29. The monoisotopic (exact) mass is 320 g/mol. The summed E-state index contributed by atoms with van der Waals surface area (Å²) in [5.74, 6) is 0.625. The fourth-order valence-electron chi connectivity index (χ4n) is 2.38. The maximum Gasteiger partial charge on any atom is 0.265 e. The molecule has 108 valence electrons. The number of thiophene rings is 1. The Morgan fingerprint density at radius 1 is 1.63 bits per heavy atom. The Hall–Kier alpha value is -0.230. The van der Waals surface area contributed by atoms with Gasteiger partial charge in [0.1, 0.15) is 4.88 Å². The molecule has 0 aromatic carbocycles. The molecule has 19 heavy (non-hydrogen) atoms. The van der Waals surface area contributed by atoms with Crippen LogP contribution in [0.5, 0.6) is 0 Å². The lowest BCUT2D eigenvalue weighted by Gasteiger charge is -2.34. The molecule has 1 fully saturated rings. The van der Waals surface area contributed by atoms with Crippen LogP contribution in [-0.4, -0.2) is 36.2 Å². The first-order valence-corrected chi connectivity index (χ1v) is 8.40. The zero-order valence-corrected chi connectivity index (χ0v) is 13.7. The quantitative estimate of drug-likeness (QED) is 0.871. The average Bonchev–Trinajstić information content (AvgIpc) is 2.86. The van der Waals surface area contributed by atoms with Crippen molar-refractivity contribution in [2.24, 2.45) is 11.7 Å². The number of thioether (sulfide) groups is 1. The summed E-state index contributed by atoms with van der Waals surface area (Å²) in [5.41, 5.74) is 5.96. The van der Waals surface area contributed by atoms with E-state index in [4.69, 9.17) is 5.73 Å². The van der Waals surface area contributed by atoms with Crippen LogP contribution >= 0.6 is 35.5 Å². The van der Waals surface area contributed by atoms with Gasteiger partial charge in [-0.3, -0.25) is 4.79 Å². The highest BCUT2D eigenvalue weighted by Gasteiger charge is 2.27. The third-order valence-corrected chi connectivity index (χ3v) is 5.34. The fraction of sp³-hybridized carbons (Fsp3) is 0.615. The van der Waals surface area contributed by atoms with E-state index in [1.807, 2.05) is 29.5 Å². The number of halogens is 1. The molecule has 1 aromatic heterocycles. The predicted octanol–water partition coefficient (Wildman–Crippen LogP) is 3.09. The van der Waals surface area contributed by atoms with Gasteiger partial charge in [-0.1, -0.05) is 0 Å². The number of hydrogen-bond acceptors (Lipinski definition) is 4. The first kappa shape index (κ1) is 16.8. The van der Waals surface area contributed by atoms with E-state index in [-0.39, 0.29) is 24.4 Å². The highest BCUT2D eigenvalue weighted by atomic mass is 35.5. The third kappa shape index (κ3) is 3.88. The number of hydrogen-bond donors (Lipinski definition) is 1. The summed E-state index contributed by atoms with van der Waals surface area (Å²) < 4.78 is 0. The van der Waals surface area contributed by atoms with Crippen molar-refractivity contribution in [2.75, 3.05) is 19.3 Å². The molecule has 2 N–H and O–H groups in total. The van der Waals surface area contributed by atoms with Crippen molar-refractivity contribution in [2.45, 2.75) is 30.7 Å². The van der Waals surface area contributed by atoms with Crippen LogP contribution in [0, 0.1) is 5.92 Å². The largest absolute Gasteiger partial charge is 0.338 e. The smallest absolute Gasteiger partial charge is 0.265 e. The Morgan fingerprint density at radius 2 is 2.37 bits per heavy atom. The molecule has 2 atom stereocenters. The van der Waals surface area contributed by atoms with Gasteiger partial charge in [0.05, 0.1) is 0 Å². The number of rotatable bonds is 3. The SMILES string of the molecule is CSc1ccsc1C(=O)N1CCCC(C(C)N)C1.Cl. The van der Waals surface area contributed by atoms with E-state index in [0.29, 0.717) is 5.92 Å². The number of carbonyl (C=O) groups is 1. The molecule has 1 aliphatic rings. The summed E-state index contributed by atoms with van der Waals surface area (Å²) in [6.07, 6.45) is 4.22. The molecule has 1 aromatic rings. The molecule has 0 saturated carbocycles. The minimum atomic E-state index is 0. The predicted molar refractivity (Wildman–Crippen MR) is 85.6 cm³/mol. The van der Waals surface area contributed by atoms with E-state index in [9.17, 15) is 4.79 Å². The third-order valence-electron chi connectivity index (χ3n) is 3.53. The molecule has 3 nitrogen and oxygen atoms in total. The molecule has 1 aliphatic heterocycles. The van der Waals surface area contributed by atoms with Gasteiger partial charge in [0.2, 0.25) is 0 Å². The van der Waals surface area contributed by atoms with Crippen molar-refractivity contribution < 1.29 is 4.79 Å². The van der Waals surface area contributed by atoms with Gasteiger partial charge in [-0.2, -0.15) is 0 Å². The second kappa shape index (κ2) is 7.53. The van der Waals surface area contributed by atoms with Gasteiger partial charge < -0.3 is 10.6 Å². The molecule has 1 saturated heterocycles. The van der Waals surface area contributed by atoms with E-state index >= 15 is 0 Å². The van der Waals surface area contributed by atoms with Crippen molar-refractivity contribution >= 4 is 41.4 Å². The summed E-state index contributed by atoms with van der Waals surface area (Å²) >= 11 is 3.18. The zero-order chi connectivity index (χ0) is 13.1. The van der Waals surface area contributed by atoms with Crippen molar-refractivity contribution in [1.82, 2.24) is 4.90 Å². The molecular formula is C13H21ClN2OS2. The van der Waals surface area contributed by atoms with Crippen molar-refractivity contribution in [3.05, 3.63) is 16.3 Å². The number of piperidine rings is 1. The summed E-state index contributed by atoms with van der Waals surface area (Å²) in [7, 11) is 0. The molecule has 0 bridgehead atoms. The van der Waals surface area contributed by atoms with Crippen LogP contribution in [0.15, 0.2) is 16.3 Å². The van der Waals surface area contributed by atoms with E-state index in [1.165, 1.54) is 0 Å². The maximum atomic E-state index is 12.5. The second-order valence-electron chi connectivity index (χ2n) is 4.83. The zero-order valence-electron chi connectivity index (χ0n) is 11.3. The van der Waals surface area contributed by atoms with E-state index < -0.39 is 0 Å². The number of nitrogens with zero attached hydrogens (tertiary/aromatic N) is 1.